The van der Waals surface area contributed by atoms with Gasteiger partial charge in [-0.2, -0.15) is 0 Å². The molecule has 0 aromatic carbocycles. The number of halogens is 1. The molecule has 0 aromatic rings. The number of amides is 1. The van der Waals surface area contributed by atoms with Gasteiger partial charge in [-0.05, 0) is 44.6 Å². The van der Waals surface area contributed by atoms with Gasteiger partial charge in [-0.15, -0.1) is 12.4 Å². The Bertz CT molecular complexity index is 285. The van der Waals surface area contributed by atoms with Crippen molar-refractivity contribution in [1.29, 1.82) is 0 Å². The van der Waals surface area contributed by atoms with Gasteiger partial charge in [-0.25, -0.2) is 0 Å². The summed E-state index contributed by atoms with van der Waals surface area (Å²) in [7, 11) is 0. The average molecular weight is 261 g/mol. The van der Waals surface area contributed by atoms with E-state index < -0.39 is 0 Å². The molecule has 1 saturated carbocycles. The molecule has 2 N–H and O–H groups in total. The lowest BCUT2D eigenvalue weighted by molar-refractivity contribution is -0.124. The molecule has 4 unspecified atom stereocenters. The average Bonchev–Trinajstić information content (AvgIpc) is 2.95. The van der Waals surface area contributed by atoms with E-state index in [9.17, 15) is 4.79 Å². The third-order valence-corrected chi connectivity index (χ3v) is 4.57. The highest BCUT2D eigenvalue weighted by Crippen LogP contribution is 2.54. The van der Waals surface area contributed by atoms with E-state index in [0.29, 0.717) is 12.1 Å². The SMILES string of the molecule is CCC1(C)CC1C(=O)NC1CCCNC1C.Cl. The molecule has 100 valence electrons. The monoisotopic (exact) mass is 260 g/mol. The van der Waals surface area contributed by atoms with Gasteiger partial charge in [-0.1, -0.05) is 13.8 Å². The van der Waals surface area contributed by atoms with Gasteiger partial charge in [0, 0.05) is 18.0 Å². The van der Waals surface area contributed by atoms with Crippen molar-refractivity contribution in [3.8, 4) is 0 Å². The minimum atomic E-state index is 0. The minimum absolute atomic E-state index is 0. The lowest BCUT2D eigenvalue weighted by Crippen LogP contribution is -2.52. The standard InChI is InChI=1S/C13H24N2O.ClH/c1-4-13(3)8-10(13)12(16)15-11-6-5-7-14-9(11)2;/h9-11,14H,4-8H2,1-3H3,(H,15,16);1H. The van der Waals surface area contributed by atoms with Gasteiger partial charge in [0.2, 0.25) is 5.91 Å². The smallest absolute Gasteiger partial charge is 0.223 e. The lowest BCUT2D eigenvalue weighted by Gasteiger charge is -2.30. The van der Waals surface area contributed by atoms with Crippen molar-refractivity contribution in [2.24, 2.45) is 11.3 Å². The van der Waals surface area contributed by atoms with Gasteiger partial charge in [-0.3, -0.25) is 4.79 Å². The Balaban J connectivity index is 0.00000144. The lowest BCUT2D eigenvalue weighted by atomic mass is 9.98. The summed E-state index contributed by atoms with van der Waals surface area (Å²) in [6.07, 6.45) is 4.48. The van der Waals surface area contributed by atoms with Crippen LogP contribution in [0.5, 0.6) is 0 Å². The summed E-state index contributed by atoms with van der Waals surface area (Å²) in [5, 5.41) is 6.64. The van der Waals surface area contributed by atoms with Crippen LogP contribution >= 0.6 is 12.4 Å². The highest BCUT2D eigenvalue weighted by atomic mass is 35.5. The van der Waals surface area contributed by atoms with Gasteiger partial charge in [0.1, 0.15) is 0 Å². The van der Waals surface area contributed by atoms with Crippen LogP contribution < -0.4 is 10.6 Å². The maximum atomic E-state index is 12.1. The van der Waals surface area contributed by atoms with Crippen LogP contribution in [0.4, 0.5) is 0 Å². The summed E-state index contributed by atoms with van der Waals surface area (Å²) in [5.41, 5.74) is 0.287. The third-order valence-electron chi connectivity index (χ3n) is 4.57. The third kappa shape index (κ3) is 3.14. The van der Waals surface area contributed by atoms with Crippen LogP contribution in [0, 0.1) is 11.3 Å². The molecule has 0 aromatic heterocycles. The van der Waals surface area contributed by atoms with Crippen molar-refractivity contribution in [3.63, 3.8) is 0 Å². The summed E-state index contributed by atoms with van der Waals surface area (Å²) in [6.45, 7) is 7.65. The Morgan fingerprint density at radius 3 is 2.76 bits per heavy atom. The molecule has 1 saturated heterocycles. The Kier molecular flexibility index (Phi) is 4.85. The Morgan fingerprint density at radius 2 is 2.24 bits per heavy atom. The summed E-state index contributed by atoms with van der Waals surface area (Å²) in [6, 6.07) is 0.757. The van der Waals surface area contributed by atoms with E-state index in [-0.39, 0.29) is 29.6 Å². The predicted octanol–water partition coefficient (Wildman–Crippen LogP) is 2.10. The first-order valence-corrected chi connectivity index (χ1v) is 6.60. The molecule has 1 amide bonds. The molecule has 0 radical (unpaired) electrons. The van der Waals surface area contributed by atoms with Gasteiger partial charge in [0.05, 0.1) is 0 Å². The highest BCUT2D eigenvalue weighted by molar-refractivity contribution is 5.85. The quantitative estimate of drug-likeness (QED) is 0.816. The molecule has 1 aliphatic carbocycles. The van der Waals surface area contributed by atoms with Crippen molar-refractivity contribution in [2.75, 3.05) is 6.54 Å². The van der Waals surface area contributed by atoms with Crippen molar-refractivity contribution in [3.05, 3.63) is 0 Å². The number of piperidine rings is 1. The van der Waals surface area contributed by atoms with Gasteiger partial charge in [0.25, 0.3) is 0 Å². The van der Waals surface area contributed by atoms with Gasteiger partial charge >= 0.3 is 0 Å². The molecule has 4 heteroatoms. The topological polar surface area (TPSA) is 41.1 Å². The van der Waals surface area contributed by atoms with Crippen LogP contribution in [0.3, 0.4) is 0 Å². The maximum Gasteiger partial charge on any atom is 0.223 e. The molecule has 2 aliphatic rings. The Hall–Kier alpha value is -0.280. The van der Waals surface area contributed by atoms with E-state index in [0.717, 1.165) is 25.8 Å². The van der Waals surface area contributed by atoms with Crippen molar-refractivity contribution >= 4 is 18.3 Å². The second-order valence-corrected chi connectivity index (χ2v) is 5.76. The molecule has 2 fully saturated rings. The number of hydrogen-bond donors (Lipinski definition) is 2. The highest BCUT2D eigenvalue weighted by Gasteiger charge is 2.53. The zero-order chi connectivity index (χ0) is 11.8. The molecular formula is C13H25ClN2O. The maximum absolute atomic E-state index is 12.1. The van der Waals surface area contributed by atoms with Gasteiger partial charge in [0.15, 0.2) is 0 Å². The Morgan fingerprint density at radius 1 is 1.53 bits per heavy atom. The molecule has 0 spiro atoms. The van der Waals surface area contributed by atoms with Crippen LogP contribution in [0.15, 0.2) is 0 Å². The van der Waals surface area contributed by atoms with E-state index >= 15 is 0 Å². The van der Waals surface area contributed by atoms with Gasteiger partial charge < -0.3 is 10.6 Å². The number of hydrogen-bond acceptors (Lipinski definition) is 2. The molecular weight excluding hydrogens is 236 g/mol. The molecule has 3 nitrogen and oxygen atoms in total. The van der Waals surface area contributed by atoms with Crippen LogP contribution in [0.2, 0.25) is 0 Å². The van der Waals surface area contributed by atoms with E-state index in [4.69, 9.17) is 0 Å². The molecule has 1 aliphatic heterocycles. The zero-order valence-electron chi connectivity index (χ0n) is 11.1. The van der Waals surface area contributed by atoms with Crippen molar-refractivity contribution in [1.82, 2.24) is 10.6 Å². The van der Waals surface area contributed by atoms with Crippen LogP contribution in [0.25, 0.3) is 0 Å². The fourth-order valence-corrected chi connectivity index (χ4v) is 2.73. The largest absolute Gasteiger partial charge is 0.352 e. The normalized spacial score (nSPS) is 40.3. The first-order valence-electron chi connectivity index (χ1n) is 6.60. The second-order valence-electron chi connectivity index (χ2n) is 5.76. The molecule has 0 bridgehead atoms. The van der Waals surface area contributed by atoms with Crippen LogP contribution in [-0.2, 0) is 4.79 Å². The van der Waals surface area contributed by atoms with Crippen molar-refractivity contribution < 1.29 is 4.79 Å². The second kappa shape index (κ2) is 5.57. The molecule has 17 heavy (non-hydrogen) atoms. The fraction of sp³-hybridized carbons (Fsp3) is 0.923. The first kappa shape index (κ1) is 14.8. The molecule has 4 atom stereocenters. The number of nitrogens with one attached hydrogen (secondary N) is 2. The zero-order valence-corrected chi connectivity index (χ0v) is 11.9. The number of carbonyl (C=O) groups is 1. The summed E-state index contributed by atoms with van der Waals surface area (Å²) >= 11 is 0. The minimum Gasteiger partial charge on any atom is -0.352 e. The molecule has 2 rings (SSSR count). The predicted molar refractivity (Wildman–Crippen MR) is 72.4 cm³/mol. The summed E-state index contributed by atoms with van der Waals surface area (Å²) in [4.78, 5) is 12.1. The van der Waals surface area contributed by atoms with E-state index in [1.165, 1.54) is 6.42 Å². The van der Waals surface area contributed by atoms with E-state index in [1.807, 2.05) is 0 Å². The molecule has 1 heterocycles. The number of carbonyl (C=O) groups excluding carboxylic acids is 1. The van der Waals surface area contributed by atoms with Crippen LogP contribution in [-0.4, -0.2) is 24.5 Å². The summed E-state index contributed by atoms with van der Waals surface area (Å²) in [5.74, 6) is 0.552. The van der Waals surface area contributed by atoms with E-state index in [2.05, 4.69) is 31.4 Å². The number of rotatable bonds is 3. The fourth-order valence-electron chi connectivity index (χ4n) is 2.73. The van der Waals surface area contributed by atoms with E-state index in [1.54, 1.807) is 0 Å². The summed E-state index contributed by atoms with van der Waals surface area (Å²) < 4.78 is 0. The van der Waals surface area contributed by atoms with Crippen LogP contribution in [0.1, 0.15) is 46.5 Å². The Labute approximate surface area is 111 Å². The van der Waals surface area contributed by atoms with Crippen molar-refractivity contribution in [2.45, 2.75) is 58.5 Å². The first-order chi connectivity index (χ1) is 7.57.